The molecule has 0 radical (unpaired) electrons. The van der Waals surface area contributed by atoms with E-state index in [-0.39, 0.29) is 0 Å². The molecule has 0 spiro atoms. The maximum Gasteiger partial charge on any atom is 0.151 e. The molecule has 1 aliphatic heterocycles. The van der Waals surface area contributed by atoms with Gasteiger partial charge in [0.15, 0.2) is 5.15 Å². The highest BCUT2D eigenvalue weighted by atomic mass is 35.5. The molecule has 1 fully saturated rings. The van der Waals surface area contributed by atoms with Crippen LogP contribution >= 0.6 is 11.6 Å². The first-order valence-electron chi connectivity index (χ1n) is 5.70. The number of hydrogen-bond donors (Lipinski definition) is 1. The largest absolute Gasteiger partial charge is 0.329 e. The first-order valence-corrected chi connectivity index (χ1v) is 6.08. The van der Waals surface area contributed by atoms with E-state index in [1.807, 2.05) is 0 Å². The molecule has 0 saturated carbocycles. The van der Waals surface area contributed by atoms with Crippen molar-refractivity contribution >= 4 is 11.6 Å². The van der Waals surface area contributed by atoms with Crippen LogP contribution in [0.5, 0.6) is 0 Å². The number of rotatable bonds is 3. The topological polar surface area (TPSA) is 55.0 Å². The van der Waals surface area contributed by atoms with Crippen LogP contribution in [0.2, 0.25) is 5.15 Å². The van der Waals surface area contributed by atoms with E-state index in [1.165, 1.54) is 19.3 Å². The molecule has 2 N–H and O–H groups in total. The number of halogens is 1. The molecular formula is C11H17ClN4. The van der Waals surface area contributed by atoms with E-state index in [4.69, 9.17) is 17.3 Å². The summed E-state index contributed by atoms with van der Waals surface area (Å²) in [7, 11) is 0. The Bertz CT molecular complexity index is 345. The molecule has 0 aromatic carbocycles. The molecule has 1 aliphatic rings. The third-order valence-corrected chi connectivity index (χ3v) is 3.41. The second kappa shape index (κ2) is 5.57. The van der Waals surface area contributed by atoms with Crippen LogP contribution < -0.4 is 5.73 Å². The highest BCUT2D eigenvalue weighted by Gasteiger charge is 2.22. The normalized spacial score (nSPS) is 22.2. The quantitative estimate of drug-likeness (QED) is 0.869. The molecule has 1 aromatic heterocycles. The Labute approximate surface area is 101 Å². The minimum absolute atomic E-state index is 0.465. The van der Waals surface area contributed by atoms with Gasteiger partial charge in [-0.15, -0.1) is 0 Å². The van der Waals surface area contributed by atoms with E-state index in [1.54, 1.807) is 12.4 Å². The van der Waals surface area contributed by atoms with Gasteiger partial charge in [-0.05, 0) is 19.4 Å². The van der Waals surface area contributed by atoms with E-state index in [0.717, 1.165) is 18.8 Å². The van der Waals surface area contributed by atoms with Crippen LogP contribution in [0.3, 0.4) is 0 Å². The van der Waals surface area contributed by atoms with Crippen molar-refractivity contribution in [3.05, 3.63) is 23.2 Å². The first-order chi connectivity index (χ1) is 7.81. The predicted molar refractivity (Wildman–Crippen MR) is 64.1 cm³/mol. The van der Waals surface area contributed by atoms with Gasteiger partial charge in [0.25, 0.3) is 0 Å². The van der Waals surface area contributed by atoms with E-state index in [0.29, 0.717) is 17.7 Å². The Morgan fingerprint density at radius 2 is 2.19 bits per heavy atom. The average molecular weight is 241 g/mol. The second-order valence-electron chi connectivity index (χ2n) is 4.15. The zero-order chi connectivity index (χ0) is 11.4. The predicted octanol–water partition coefficient (Wildman–Crippen LogP) is 1.44. The van der Waals surface area contributed by atoms with Gasteiger partial charge in [-0.3, -0.25) is 9.88 Å². The van der Waals surface area contributed by atoms with Crippen LogP contribution in [0.25, 0.3) is 0 Å². The van der Waals surface area contributed by atoms with E-state index in [9.17, 15) is 0 Å². The SMILES string of the molecule is NCC1CCCCN1Cc1nccnc1Cl. The highest BCUT2D eigenvalue weighted by Crippen LogP contribution is 2.20. The number of likely N-dealkylation sites (tertiary alicyclic amines) is 1. The summed E-state index contributed by atoms with van der Waals surface area (Å²) in [6.07, 6.45) is 6.97. The molecule has 0 aliphatic carbocycles. The zero-order valence-electron chi connectivity index (χ0n) is 9.27. The third kappa shape index (κ3) is 2.70. The molecule has 2 rings (SSSR count). The Hall–Kier alpha value is -0.710. The second-order valence-corrected chi connectivity index (χ2v) is 4.51. The van der Waals surface area contributed by atoms with Crippen molar-refractivity contribution in [1.29, 1.82) is 0 Å². The van der Waals surface area contributed by atoms with Gasteiger partial charge in [-0.2, -0.15) is 0 Å². The summed E-state index contributed by atoms with van der Waals surface area (Å²) in [6.45, 7) is 2.54. The fourth-order valence-corrected chi connectivity index (χ4v) is 2.35. The van der Waals surface area contributed by atoms with Crippen molar-refractivity contribution in [1.82, 2.24) is 14.9 Å². The fraction of sp³-hybridized carbons (Fsp3) is 0.636. The molecular weight excluding hydrogens is 224 g/mol. The Morgan fingerprint density at radius 3 is 2.94 bits per heavy atom. The van der Waals surface area contributed by atoms with E-state index >= 15 is 0 Å². The van der Waals surface area contributed by atoms with Crippen molar-refractivity contribution in [3.63, 3.8) is 0 Å². The van der Waals surface area contributed by atoms with Crippen LogP contribution in [0, 0.1) is 0 Å². The number of piperidine rings is 1. The van der Waals surface area contributed by atoms with Crippen molar-refractivity contribution in [3.8, 4) is 0 Å². The average Bonchev–Trinajstić information content (AvgIpc) is 2.33. The van der Waals surface area contributed by atoms with Crippen LogP contribution in [-0.2, 0) is 6.54 Å². The molecule has 4 nitrogen and oxygen atoms in total. The van der Waals surface area contributed by atoms with Gasteiger partial charge in [0.1, 0.15) is 0 Å². The molecule has 0 amide bonds. The minimum atomic E-state index is 0.465. The lowest BCUT2D eigenvalue weighted by atomic mass is 10.0. The van der Waals surface area contributed by atoms with E-state index < -0.39 is 0 Å². The monoisotopic (exact) mass is 240 g/mol. The Kier molecular flexibility index (Phi) is 4.09. The summed E-state index contributed by atoms with van der Waals surface area (Å²) in [5.74, 6) is 0. The maximum absolute atomic E-state index is 6.00. The number of nitrogens with two attached hydrogens (primary N) is 1. The lowest BCUT2D eigenvalue weighted by Gasteiger charge is -2.34. The van der Waals surface area contributed by atoms with Crippen molar-refractivity contribution < 1.29 is 0 Å². The summed E-state index contributed by atoms with van der Waals surface area (Å²) in [5.41, 5.74) is 6.63. The Balaban J connectivity index is 2.05. The molecule has 0 bridgehead atoms. The summed E-state index contributed by atoms with van der Waals surface area (Å²) in [4.78, 5) is 10.7. The van der Waals surface area contributed by atoms with Crippen molar-refractivity contribution in [2.24, 2.45) is 5.73 Å². The van der Waals surface area contributed by atoms with Gasteiger partial charge in [0.05, 0.1) is 5.69 Å². The van der Waals surface area contributed by atoms with Crippen LogP contribution in [-0.4, -0.2) is 34.0 Å². The van der Waals surface area contributed by atoms with Gasteiger partial charge in [0, 0.05) is 31.5 Å². The number of hydrogen-bond acceptors (Lipinski definition) is 4. The summed E-state index contributed by atoms with van der Waals surface area (Å²) in [5, 5.41) is 0.504. The zero-order valence-corrected chi connectivity index (χ0v) is 10.0. The van der Waals surface area contributed by atoms with Gasteiger partial charge in [-0.25, -0.2) is 4.98 Å². The Morgan fingerprint density at radius 1 is 1.38 bits per heavy atom. The smallest absolute Gasteiger partial charge is 0.151 e. The van der Waals surface area contributed by atoms with Crippen LogP contribution in [0.15, 0.2) is 12.4 Å². The fourth-order valence-electron chi connectivity index (χ4n) is 2.18. The molecule has 1 aromatic rings. The van der Waals surface area contributed by atoms with Crippen LogP contribution in [0.1, 0.15) is 25.0 Å². The summed E-state index contributed by atoms with van der Waals surface area (Å²) >= 11 is 6.00. The highest BCUT2D eigenvalue weighted by molar-refractivity contribution is 6.29. The lowest BCUT2D eigenvalue weighted by Crippen LogP contribution is -2.43. The molecule has 2 heterocycles. The van der Waals surface area contributed by atoms with Crippen molar-refractivity contribution in [2.45, 2.75) is 31.8 Å². The molecule has 5 heteroatoms. The lowest BCUT2D eigenvalue weighted by molar-refractivity contribution is 0.143. The van der Waals surface area contributed by atoms with E-state index in [2.05, 4.69) is 14.9 Å². The summed E-state index contributed by atoms with van der Waals surface area (Å²) < 4.78 is 0. The standard InChI is InChI=1S/C11H17ClN4/c12-11-10(14-4-5-15-11)8-16-6-2-1-3-9(16)7-13/h4-5,9H,1-3,6-8,13H2. The van der Waals surface area contributed by atoms with Crippen molar-refractivity contribution in [2.75, 3.05) is 13.1 Å². The minimum Gasteiger partial charge on any atom is -0.329 e. The first kappa shape index (κ1) is 11.8. The molecule has 88 valence electrons. The van der Waals surface area contributed by atoms with Crippen LogP contribution in [0.4, 0.5) is 0 Å². The third-order valence-electron chi connectivity index (χ3n) is 3.10. The van der Waals surface area contributed by atoms with Gasteiger partial charge >= 0.3 is 0 Å². The molecule has 1 unspecified atom stereocenters. The number of aromatic nitrogens is 2. The van der Waals surface area contributed by atoms with Gasteiger partial charge in [-0.1, -0.05) is 18.0 Å². The number of nitrogens with zero attached hydrogens (tertiary/aromatic N) is 3. The maximum atomic E-state index is 6.00. The van der Waals surface area contributed by atoms with Gasteiger partial charge < -0.3 is 5.73 Å². The molecule has 1 saturated heterocycles. The summed E-state index contributed by atoms with van der Waals surface area (Å²) in [6, 6.07) is 0.465. The molecule has 1 atom stereocenters. The van der Waals surface area contributed by atoms with Gasteiger partial charge in [0.2, 0.25) is 0 Å². The molecule has 16 heavy (non-hydrogen) atoms.